The average molecular weight is 372 g/mol. The zero-order valence-corrected chi connectivity index (χ0v) is 15.6. The minimum atomic E-state index is -3.85. The molecule has 0 aliphatic carbocycles. The van der Waals surface area contributed by atoms with Crippen LogP contribution in [0.3, 0.4) is 0 Å². The second-order valence-electron chi connectivity index (χ2n) is 6.44. The van der Waals surface area contributed by atoms with Gasteiger partial charge < -0.3 is 4.90 Å². The SMILES string of the molecule is CC(=O)c1ccccc1NS(=O)(=O)c1ccc2c(c1)CC(C)N2C(C)=O. The quantitative estimate of drug-likeness (QED) is 0.837. The van der Waals surface area contributed by atoms with Gasteiger partial charge >= 0.3 is 0 Å². The second-order valence-corrected chi connectivity index (χ2v) is 8.12. The maximum absolute atomic E-state index is 12.8. The van der Waals surface area contributed by atoms with Gasteiger partial charge in [-0.25, -0.2) is 8.42 Å². The summed E-state index contributed by atoms with van der Waals surface area (Å²) in [5.74, 6) is -0.288. The minimum absolute atomic E-state index is 0.00754. The lowest BCUT2D eigenvalue weighted by Gasteiger charge is -2.20. The first-order valence-corrected chi connectivity index (χ1v) is 9.74. The van der Waals surface area contributed by atoms with Gasteiger partial charge in [-0.3, -0.25) is 14.3 Å². The Balaban J connectivity index is 1.97. The fraction of sp³-hybridized carbons (Fsp3) is 0.263. The number of hydrogen-bond acceptors (Lipinski definition) is 4. The first-order chi connectivity index (χ1) is 12.2. The van der Waals surface area contributed by atoms with E-state index in [0.717, 1.165) is 11.3 Å². The second kappa shape index (κ2) is 6.57. The van der Waals surface area contributed by atoms with E-state index in [4.69, 9.17) is 0 Å². The summed E-state index contributed by atoms with van der Waals surface area (Å²) in [4.78, 5) is 25.3. The Hall–Kier alpha value is -2.67. The van der Waals surface area contributed by atoms with E-state index in [1.807, 2.05) is 6.92 Å². The van der Waals surface area contributed by atoms with Crippen molar-refractivity contribution in [2.24, 2.45) is 0 Å². The third kappa shape index (κ3) is 3.22. The zero-order chi connectivity index (χ0) is 19.1. The molecule has 1 atom stereocenters. The van der Waals surface area contributed by atoms with Gasteiger partial charge in [0.15, 0.2) is 5.78 Å². The number of amides is 1. The predicted octanol–water partition coefficient (Wildman–Crippen LogP) is 2.99. The Morgan fingerprint density at radius 1 is 1.12 bits per heavy atom. The summed E-state index contributed by atoms with van der Waals surface area (Å²) in [7, 11) is -3.85. The van der Waals surface area contributed by atoms with Crippen LogP contribution in [0.4, 0.5) is 11.4 Å². The molecule has 0 fully saturated rings. The van der Waals surface area contributed by atoms with E-state index in [0.29, 0.717) is 12.0 Å². The first-order valence-electron chi connectivity index (χ1n) is 8.26. The van der Waals surface area contributed by atoms with Crippen LogP contribution in [0.25, 0.3) is 0 Å². The number of ketones is 1. The molecule has 1 N–H and O–H groups in total. The largest absolute Gasteiger partial charge is 0.309 e. The summed E-state index contributed by atoms with van der Waals surface area (Å²) in [6, 6.07) is 11.2. The van der Waals surface area contributed by atoms with Crippen LogP contribution >= 0.6 is 0 Å². The molecule has 0 saturated heterocycles. The highest BCUT2D eigenvalue weighted by atomic mass is 32.2. The highest BCUT2D eigenvalue weighted by Crippen LogP contribution is 2.34. The van der Waals surface area contributed by atoms with Crippen molar-refractivity contribution < 1.29 is 18.0 Å². The van der Waals surface area contributed by atoms with Crippen LogP contribution < -0.4 is 9.62 Å². The standard InChI is InChI=1S/C19H20N2O4S/c1-12-10-15-11-16(8-9-19(15)21(12)14(3)23)26(24,25)20-18-7-5-4-6-17(18)13(2)22/h4-9,11-12,20H,10H2,1-3H3. The average Bonchev–Trinajstić information content (AvgIpc) is 2.89. The molecule has 1 aliphatic rings. The van der Waals surface area contributed by atoms with E-state index >= 15 is 0 Å². The number of rotatable bonds is 4. The van der Waals surface area contributed by atoms with Gasteiger partial charge in [0.25, 0.3) is 10.0 Å². The van der Waals surface area contributed by atoms with E-state index in [9.17, 15) is 18.0 Å². The molecule has 1 aliphatic heterocycles. The number of nitrogens with one attached hydrogen (secondary N) is 1. The maximum Gasteiger partial charge on any atom is 0.261 e. The van der Waals surface area contributed by atoms with E-state index in [1.165, 1.54) is 19.9 Å². The number of carbonyl (C=O) groups is 2. The van der Waals surface area contributed by atoms with E-state index in [2.05, 4.69) is 4.72 Å². The number of anilines is 2. The molecule has 1 unspecified atom stereocenters. The van der Waals surface area contributed by atoms with Gasteiger partial charge in [0.2, 0.25) is 5.91 Å². The molecule has 7 heteroatoms. The van der Waals surface area contributed by atoms with Crippen LogP contribution in [0.1, 0.15) is 36.7 Å². The molecule has 0 spiro atoms. The lowest BCUT2D eigenvalue weighted by molar-refractivity contribution is -0.116. The van der Waals surface area contributed by atoms with E-state index < -0.39 is 10.0 Å². The van der Waals surface area contributed by atoms with Crippen molar-refractivity contribution in [1.82, 2.24) is 0 Å². The summed E-state index contributed by atoms with van der Waals surface area (Å²) in [5.41, 5.74) is 2.12. The molecule has 0 radical (unpaired) electrons. The molecule has 0 saturated carbocycles. The Bertz CT molecular complexity index is 998. The molecule has 0 aromatic heterocycles. The third-order valence-corrected chi connectivity index (χ3v) is 5.83. The van der Waals surface area contributed by atoms with Crippen LogP contribution in [0.2, 0.25) is 0 Å². The fourth-order valence-corrected chi connectivity index (χ4v) is 4.47. The Morgan fingerprint density at radius 3 is 2.46 bits per heavy atom. The highest BCUT2D eigenvalue weighted by Gasteiger charge is 2.30. The van der Waals surface area contributed by atoms with Crippen LogP contribution in [-0.4, -0.2) is 26.2 Å². The van der Waals surface area contributed by atoms with Crippen molar-refractivity contribution in [3.63, 3.8) is 0 Å². The number of hydrogen-bond donors (Lipinski definition) is 1. The molecule has 2 aromatic rings. The van der Waals surface area contributed by atoms with Crippen molar-refractivity contribution in [2.45, 2.75) is 38.1 Å². The Kier molecular flexibility index (Phi) is 4.58. The van der Waals surface area contributed by atoms with E-state index in [-0.39, 0.29) is 28.3 Å². The van der Waals surface area contributed by atoms with Crippen molar-refractivity contribution in [3.05, 3.63) is 53.6 Å². The van der Waals surface area contributed by atoms with Crippen molar-refractivity contribution >= 4 is 33.1 Å². The summed E-state index contributed by atoms with van der Waals surface area (Å²) in [6.07, 6.45) is 0.600. The van der Waals surface area contributed by atoms with Crippen molar-refractivity contribution in [3.8, 4) is 0 Å². The smallest absolute Gasteiger partial charge is 0.261 e. The molecular weight excluding hydrogens is 352 g/mol. The van der Waals surface area contributed by atoms with Crippen molar-refractivity contribution in [1.29, 1.82) is 0 Å². The molecular formula is C19H20N2O4S. The molecule has 3 rings (SSSR count). The number of benzene rings is 2. The number of carbonyl (C=O) groups excluding carboxylic acids is 2. The predicted molar refractivity (Wildman–Crippen MR) is 100 cm³/mol. The van der Waals surface area contributed by atoms with Gasteiger partial charge in [-0.05, 0) is 56.2 Å². The van der Waals surface area contributed by atoms with Crippen LogP contribution in [0.5, 0.6) is 0 Å². The number of sulfonamides is 1. The first kappa shape index (κ1) is 18.1. The normalized spacial score (nSPS) is 16.3. The molecule has 1 amide bonds. The minimum Gasteiger partial charge on any atom is -0.309 e. The van der Waals surface area contributed by atoms with Crippen molar-refractivity contribution in [2.75, 3.05) is 9.62 Å². The Labute approximate surface area is 152 Å². The lowest BCUT2D eigenvalue weighted by atomic mass is 10.1. The summed E-state index contributed by atoms with van der Waals surface area (Å²) >= 11 is 0. The van der Waals surface area contributed by atoms with E-state index in [1.54, 1.807) is 41.3 Å². The van der Waals surface area contributed by atoms with Gasteiger partial charge in [-0.2, -0.15) is 0 Å². The molecule has 2 aromatic carbocycles. The summed E-state index contributed by atoms with van der Waals surface area (Å²) < 4.78 is 28.0. The van der Waals surface area contributed by atoms with Gasteiger partial charge in [-0.1, -0.05) is 12.1 Å². The monoisotopic (exact) mass is 372 g/mol. The zero-order valence-electron chi connectivity index (χ0n) is 14.8. The number of Topliss-reactive ketones (excluding diaryl/α,β-unsaturated/α-hetero) is 1. The summed E-state index contributed by atoms with van der Waals surface area (Å²) in [6.45, 7) is 4.81. The van der Waals surface area contributed by atoms with Crippen LogP contribution in [0.15, 0.2) is 47.4 Å². The topological polar surface area (TPSA) is 83.6 Å². The van der Waals surface area contributed by atoms with Gasteiger partial charge in [-0.15, -0.1) is 0 Å². The lowest BCUT2D eigenvalue weighted by Crippen LogP contribution is -2.33. The van der Waals surface area contributed by atoms with Gasteiger partial charge in [0.1, 0.15) is 0 Å². The summed E-state index contributed by atoms with van der Waals surface area (Å²) in [5, 5.41) is 0. The van der Waals surface area contributed by atoms with Gasteiger partial charge in [0, 0.05) is 24.2 Å². The number of fused-ring (bicyclic) bond motifs is 1. The highest BCUT2D eigenvalue weighted by molar-refractivity contribution is 7.92. The molecule has 1 heterocycles. The van der Waals surface area contributed by atoms with Gasteiger partial charge in [0.05, 0.1) is 10.6 Å². The molecule has 26 heavy (non-hydrogen) atoms. The van der Waals surface area contributed by atoms with Crippen LogP contribution in [-0.2, 0) is 21.2 Å². The molecule has 0 bridgehead atoms. The number of nitrogens with zero attached hydrogens (tertiary/aromatic N) is 1. The fourth-order valence-electron chi connectivity index (χ4n) is 3.34. The third-order valence-electron chi connectivity index (χ3n) is 4.47. The molecule has 136 valence electrons. The maximum atomic E-state index is 12.8. The number of para-hydroxylation sites is 1. The van der Waals surface area contributed by atoms with Crippen LogP contribution in [0, 0.1) is 0 Å². The molecule has 6 nitrogen and oxygen atoms in total. The Morgan fingerprint density at radius 2 is 1.81 bits per heavy atom.